The van der Waals surface area contributed by atoms with Crippen molar-refractivity contribution in [2.45, 2.75) is 42.1 Å². The molecule has 2 aliphatic rings. The molecule has 1 amide bonds. The fraction of sp³-hybridized carbons (Fsp3) is 0.409. The van der Waals surface area contributed by atoms with Crippen molar-refractivity contribution in [3.8, 4) is 0 Å². The van der Waals surface area contributed by atoms with Gasteiger partial charge in [0, 0.05) is 30.7 Å². The maximum atomic E-state index is 12.9. The third-order valence-corrected chi connectivity index (χ3v) is 7.65. The van der Waals surface area contributed by atoms with Crippen LogP contribution < -0.4 is 15.5 Å². The molecular formula is C22H23F3N6O3S. The van der Waals surface area contributed by atoms with Gasteiger partial charge in [-0.25, -0.2) is 8.42 Å². The van der Waals surface area contributed by atoms with Crippen molar-refractivity contribution < 1.29 is 26.4 Å². The fourth-order valence-corrected chi connectivity index (χ4v) is 4.92. The Kier molecular flexibility index (Phi) is 5.82. The molecule has 13 heteroatoms. The second-order valence-electron chi connectivity index (χ2n) is 8.74. The number of hydrogen-bond donors (Lipinski definition) is 2. The van der Waals surface area contributed by atoms with Gasteiger partial charge in [0.05, 0.1) is 4.90 Å². The van der Waals surface area contributed by atoms with Crippen LogP contribution in [0.25, 0.3) is 5.65 Å². The highest BCUT2D eigenvalue weighted by molar-refractivity contribution is 7.92. The third kappa shape index (κ3) is 4.77. The van der Waals surface area contributed by atoms with E-state index in [1.54, 1.807) is 16.6 Å². The number of aromatic nitrogens is 3. The van der Waals surface area contributed by atoms with Crippen molar-refractivity contribution >= 4 is 38.8 Å². The van der Waals surface area contributed by atoms with E-state index in [0.717, 1.165) is 30.8 Å². The summed E-state index contributed by atoms with van der Waals surface area (Å²) in [4.78, 5) is 17.8. The highest BCUT2D eigenvalue weighted by Gasteiger charge is 2.46. The first-order valence-electron chi connectivity index (χ1n) is 11.2. The SMILES string of the molecule is O=C(Nc1nc2cccc(N3CCC(Nc4cccc(S(=O)(=O)C(F)(F)F)c4)CC3)n2n1)C1CC1. The van der Waals surface area contributed by atoms with Crippen molar-refractivity contribution in [1.82, 2.24) is 14.6 Å². The number of anilines is 3. The lowest BCUT2D eigenvalue weighted by molar-refractivity contribution is -0.117. The Balaban J connectivity index is 1.25. The van der Waals surface area contributed by atoms with Crippen LogP contribution in [0.15, 0.2) is 47.4 Å². The number of piperidine rings is 1. The van der Waals surface area contributed by atoms with E-state index in [2.05, 4.69) is 25.6 Å². The van der Waals surface area contributed by atoms with Crippen LogP contribution in [0.1, 0.15) is 25.7 Å². The summed E-state index contributed by atoms with van der Waals surface area (Å²) in [6.45, 7) is 1.28. The number of hydrogen-bond acceptors (Lipinski definition) is 7. The molecular weight excluding hydrogens is 485 g/mol. The highest BCUT2D eigenvalue weighted by atomic mass is 32.2. The Bertz CT molecular complexity index is 1360. The molecule has 186 valence electrons. The zero-order valence-corrected chi connectivity index (χ0v) is 19.3. The number of halogens is 3. The lowest BCUT2D eigenvalue weighted by Crippen LogP contribution is -2.40. The molecule has 3 aromatic rings. The summed E-state index contributed by atoms with van der Waals surface area (Å²) in [5.41, 5.74) is -4.42. The summed E-state index contributed by atoms with van der Waals surface area (Å²) in [5, 5.41) is 10.4. The molecule has 1 aliphatic heterocycles. The fourth-order valence-electron chi connectivity index (χ4n) is 4.12. The molecule has 2 aromatic heterocycles. The molecule has 1 aliphatic carbocycles. The summed E-state index contributed by atoms with van der Waals surface area (Å²) in [6, 6.07) is 10.3. The smallest absolute Gasteiger partial charge is 0.382 e. The van der Waals surface area contributed by atoms with Crippen LogP contribution in [0.3, 0.4) is 0 Å². The minimum absolute atomic E-state index is 0.0431. The Morgan fingerprint density at radius 1 is 1.03 bits per heavy atom. The van der Waals surface area contributed by atoms with Gasteiger partial charge in [0.15, 0.2) is 5.65 Å². The van der Waals surface area contributed by atoms with Crippen molar-refractivity contribution in [2.75, 3.05) is 28.6 Å². The van der Waals surface area contributed by atoms with E-state index in [1.807, 2.05) is 12.1 Å². The molecule has 0 atom stereocenters. The van der Waals surface area contributed by atoms with Crippen LogP contribution >= 0.6 is 0 Å². The highest BCUT2D eigenvalue weighted by Crippen LogP contribution is 2.32. The van der Waals surface area contributed by atoms with Crippen LogP contribution in [0.2, 0.25) is 0 Å². The number of fused-ring (bicyclic) bond motifs is 1. The van der Waals surface area contributed by atoms with Gasteiger partial charge in [-0.1, -0.05) is 12.1 Å². The molecule has 1 saturated carbocycles. The molecule has 0 bridgehead atoms. The van der Waals surface area contributed by atoms with E-state index in [1.165, 1.54) is 6.07 Å². The Hall–Kier alpha value is -3.35. The normalized spacial score (nSPS) is 17.5. The van der Waals surface area contributed by atoms with Crippen LogP contribution in [-0.4, -0.2) is 53.6 Å². The molecule has 0 radical (unpaired) electrons. The molecule has 9 nitrogen and oxygen atoms in total. The summed E-state index contributed by atoms with van der Waals surface area (Å²) in [7, 11) is -5.40. The molecule has 35 heavy (non-hydrogen) atoms. The number of nitrogens with one attached hydrogen (secondary N) is 2. The van der Waals surface area contributed by atoms with E-state index in [4.69, 9.17) is 0 Å². The van der Waals surface area contributed by atoms with Crippen LogP contribution in [0.4, 0.5) is 30.6 Å². The maximum absolute atomic E-state index is 12.9. The number of benzene rings is 1. The quantitative estimate of drug-likeness (QED) is 0.525. The zero-order valence-electron chi connectivity index (χ0n) is 18.5. The number of nitrogens with zero attached hydrogens (tertiary/aromatic N) is 4. The van der Waals surface area contributed by atoms with Gasteiger partial charge in [0.1, 0.15) is 5.82 Å². The second-order valence-corrected chi connectivity index (χ2v) is 10.7. The van der Waals surface area contributed by atoms with Gasteiger partial charge in [-0.05, 0) is 56.0 Å². The molecule has 1 aromatic carbocycles. The van der Waals surface area contributed by atoms with Gasteiger partial charge in [0.25, 0.3) is 9.84 Å². The maximum Gasteiger partial charge on any atom is 0.501 e. The number of alkyl halides is 3. The second kappa shape index (κ2) is 8.70. The summed E-state index contributed by atoms with van der Waals surface area (Å²) < 4.78 is 63.7. The largest absolute Gasteiger partial charge is 0.501 e. The number of sulfone groups is 1. The molecule has 2 N–H and O–H groups in total. The zero-order chi connectivity index (χ0) is 24.8. The lowest BCUT2D eigenvalue weighted by atomic mass is 10.0. The predicted octanol–water partition coefficient (Wildman–Crippen LogP) is 3.45. The number of amides is 1. The van der Waals surface area contributed by atoms with Crippen molar-refractivity contribution in [1.29, 1.82) is 0 Å². The summed E-state index contributed by atoms with van der Waals surface area (Å²) >= 11 is 0. The monoisotopic (exact) mass is 508 g/mol. The van der Waals surface area contributed by atoms with E-state index in [0.29, 0.717) is 37.3 Å². The Morgan fingerprint density at radius 3 is 2.43 bits per heavy atom. The minimum atomic E-state index is -5.40. The van der Waals surface area contributed by atoms with E-state index in [9.17, 15) is 26.4 Å². The van der Waals surface area contributed by atoms with Crippen LogP contribution in [0.5, 0.6) is 0 Å². The van der Waals surface area contributed by atoms with E-state index >= 15 is 0 Å². The molecule has 5 rings (SSSR count). The lowest BCUT2D eigenvalue weighted by Gasteiger charge is -2.34. The summed E-state index contributed by atoms with van der Waals surface area (Å²) in [6.07, 6.45) is 3.12. The summed E-state index contributed by atoms with van der Waals surface area (Å²) in [5.74, 6) is 1.06. The van der Waals surface area contributed by atoms with Crippen molar-refractivity contribution in [3.63, 3.8) is 0 Å². The Labute approximate surface area is 199 Å². The molecule has 0 spiro atoms. The Morgan fingerprint density at radius 2 is 1.74 bits per heavy atom. The van der Waals surface area contributed by atoms with Crippen LogP contribution in [-0.2, 0) is 14.6 Å². The average molecular weight is 509 g/mol. The first-order valence-corrected chi connectivity index (χ1v) is 12.7. The predicted molar refractivity (Wildman–Crippen MR) is 123 cm³/mol. The third-order valence-electron chi connectivity index (χ3n) is 6.16. The van der Waals surface area contributed by atoms with Gasteiger partial charge < -0.3 is 10.2 Å². The van der Waals surface area contributed by atoms with E-state index in [-0.39, 0.29) is 23.8 Å². The van der Waals surface area contributed by atoms with Gasteiger partial charge in [-0.3, -0.25) is 10.1 Å². The number of pyridine rings is 1. The molecule has 1 saturated heterocycles. The topological polar surface area (TPSA) is 109 Å². The van der Waals surface area contributed by atoms with E-state index < -0.39 is 20.2 Å². The standard InChI is InChI=1S/C22H23F3N6O3S/c23-22(24,25)35(33,34)17-4-1-3-16(13-17)26-15-9-11-30(12-10-15)19-6-2-5-18-27-21(29-31(18)19)28-20(32)14-7-8-14/h1-6,13-15,26H,7-12H2,(H,28,29,32). The molecule has 3 heterocycles. The van der Waals surface area contributed by atoms with Gasteiger partial charge in [0.2, 0.25) is 11.9 Å². The molecule has 0 unspecified atom stereocenters. The minimum Gasteiger partial charge on any atom is -0.382 e. The van der Waals surface area contributed by atoms with Gasteiger partial charge >= 0.3 is 5.51 Å². The first kappa shape index (κ1) is 23.4. The number of rotatable bonds is 6. The molecule has 2 fully saturated rings. The first-order chi connectivity index (χ1) is 16.6. The van der Waals surface area contributed by atoms with Gasteiger partial charge in [-0.15, -0.1) is 5.10 Å². The van der Waals surface area contributed by atoms with Crippen molar-refractivity contribution in [2.24, 2.45) is 5.92 Å². The number of carbonyl (C=O) groups is 1. The average Bonchev–Trinajstić information content (AvgIpc) is 3.59. The number of carbonyl (C=O) groups excluding carboxylic acids is 1. The van der Waals surface area contributed by atoms with Crippen molar-refractivity contribution in [3.05, 3.63) is 42.5 Å². The van der Waals surface area contributed by atoms with Gasteiger partial charge in [-0.2, -0.15) is 22.7 Å². The van der Waals surface area contributed by atoms with Crippen LogP contribution in [0, 0.1) is 5.92 Å².